The fourth-order valence-corrected chi connectivity index (χ4v) is 5.67. The third-order valence-corrected chi connectivity index (χ3v) is 8.10. The number of nitrogens with one attached hydrogen (secondary N) is 1. The Morgan fingerprint density at radius 3 is 2.36 bits per heavy atom. The van der Waals surface area contributed by atoms with Gasteiger partial charge in [0.15, 0.2) is 11.5 Å². The first-order valence-corrected chi connectivity index (χ1v) is 14.4. The summed E-state index contributed by atoms with van der Waals surface area (Å²) in [6, 6.07) is 12.9. The number of benzene rings is 3. The molecule has 1 aliphatic rings. The predicted octanol–water partition coefficient (Wildman–Crippen LogP) is 5.39. The molecule has 0 unspecified atom stereocenters. The number of imide groups is 2. The normalized spacial score (nSPS) is 14.9. The lowest BCUT2D eigenvalue weighted by molar-refractivity contribution is -0.122. The van der Waals surface area contributed by atoms with E-state index in [4.69, 9.17) is 20.5 Å². The zero-order valence-electron chi connectivity index (χ0n) is 20.9. The molecular formula is C27H22ClIN2O7S. The molecule has 3 aromatic rings. The van der Waals surface area contributed by atoms with E-state index in [1.807, 2.05) is 29.5 Å². The lowest BCUT2D eigenvalue weighted by Crippen LogP contribution is -2.54. The highest BCUT2D eigenvalue weighted by atomic mass is 127. The predicted molar refractivity (Wildman–Crippen MR) is 155 cm³/mol. The Hall–Kier alpha value is -3.42. The number of amides is 4. The van der Waals surface area contributed by atoms with E-state index >= 15 is 0 Å². The van der Waals surface area contributed by atoms with Crippen LogP contribution in [0, 0.1) is 17.4 Å². The summed E-state index contributed by atoms with van der Waals surface area (Å²) in [6.45, 7) is 5.51. The van der Waals surface area contributed by atoms with Gasteiger partial charge in [0.25, 0.3) is 11.8 Å². The summed E-state index contributed by atoms with van der Waals surface area (Å²) in [4.78, 5) is 39.2. The van der Waals surface area contributed by atoms with Crippen molar-refractivity contribution in [1.29, 1.82) is 0 Å². The molecule has 1 fully saturated rings. The first-order chi connectivity index (χ1) is 18.4. The number of anilines is 1. The maximum Gasteiger partial charge on any atom is 0.339 e. The Labute approximate surface area is 244 Å². The summed E-state index contributed by atoms with van der Waals surface area (Å²) in [5.74, 6) is -1.67. The van der Waals surface area contributed by atoms with Crippen molar-refractivity contribution in [3.63, 3.8) is 0 Å². The maximum atomic E-state index is 13.3. The summed E-state index contributed by atoms with van der Waals surface area (Å²) in [6.07, 6.45) is 1.29. The van der Waals surface area contributed by atoms with Crippen molar-refractivity contribution in [3.05, 3.63) is 85.5 Å². The summed E-state index contributed by atoms with van der Waals surface area (Å²) in [5, 5.41) is 2.51. The lowest BCUT2D eigenvalue weighted by Gasteiger charge is -2.26. The van der Waals surface area contributed by atoms with Gasteiger partial charge in [-0.2, -0.15) is 8.42 Å². The molecule has 0 spiro atoms. The van der Waals surface area contributed by atoms with Crippen LogP contribution >= 0.6 is 34.2 Å². The number of rotatable bonds is 7. The monoisotopic (exact) mass is 680 g/mol. The Morgan fingerprint density at radius 1 is 1.03 bits per heavy atom. The molecule has 4 rings (SSSR count). The van der Waals surface area contributed by atoms with Crippen LogP contribution in [0.5, 0.6) is 11.5 Å². The fraction of sp³-hybridized carbons (Fsp3) is 0.148. The molecular weight excluding hydrogens is 659 g/mol. The second kappa shape index (κ2) is 11.4. The van der Waals surface area contributed by atoms with E-state index in [1.165, 1.54) is 36.4 Å². The van der Waals surface area contributed by atoms with Crippen molar-refractivity contribution in [2.75, 3.05) is 11.5 Å². The van der Waals surface area contributed by atoms with E-state index in [0.717, 1.165) is 16.0 Å². The number of hydrogen-bond donors (Lipinski definition) is 1. The highest BCUT2D eigenvalue weighted by Crippen LogP contribution is 2.37. The number of aryl methyl sites for hydroxylation is 2. The number of halogens is 2. The van der Waals surface area contributed by atoms with Gasteiger partial charge in [-0.1, -0.05) is 35.4 Å². The highest BCUT2D eigenvalue weighted by molar-refractivity contribution is 14.1. The van der Waals surface area contributed by atoms with Gasteiger partial charge in [-0.15, -0.1) is 0 Å². The minimum Gasteiger partial charge on any atom is -0.490 e. The fourth-order valence-electron chi connectivity index (χ4n) is 3.66. The quantitative estimate of drug-likeness (QED) is 0.154. The van der Waals surface area contributed by atoms with E-state index in [1.54, 1.807) is 38.1 Å². The van der Waals surface area contributed by atoms with Gasteiger partial charge in [0.2, 0.25) is 0 Å². The van der Waals surface area contributed by atoms with Gasteiger partial charge < -0.3 is 8.92 Å². The molecule has 0 radical (unpaired) electrons. The third kappa shape index (κ3) is 6.10. The Morgan fingerprint density at radius 2 is 1.72 bits per heavy atom. The summed E-state index contributed by atoms with van der Waals surface area (Å²) >= 11 is 8.05. The molecule has 1 saturated heterocycles. The van der Waals surface area contributed by atoms with Crippen molar-refractivity contribution in [2.45, 2.75) is 25.7 Å². The molecule has 1 aliphatic heterocycles. The Balaban J connectivity index is 1.72. The molecule has 0 aliphatic carbocycles. The van der Waals surface area contributed by atoms with Gasteiger partial charge in [0.1, 0.15) is 10.5 Å². The van der Waals surface area contributed by atoms with Crippen molar-refractivity contribution < 1.29 is 31.7 Å². The van der Waals surface area contributed by atoms with Crippen LogP contribution in [0.3, 0.4) is 0 Å². The van der Waals surface area contributed by atoms with Crippen LogP contribution < -0.4 is 19.1 Å². The second-order valence-electron chi connectivity index (χ2n) is 8.50. The largest absolute Gasteiger partial charge is 0.490 e. The third-order valence-electron chi connectivity index (χ3n) is 5.66. The standard InChI is InChI=1S/C27H22ClIN2O7S/c1-4-37-23-13-17(12-22(29)24(23)38-39(35,36)19-9-5-15(2)6-10-19)11-20-25(32)30-27(34)31(26(20)33)18-8-7-16(3)21(28)14-18/h5-14H,4H2,1-3H3,(H,30,32,34)/b20-11+. The lowest BCUT2D eigenvalue weighted by atomic mass is 10.1. The van der Waals surface area contributed by atoms with Crippen LogP contribution in [0.2, 0.25) is 5.02 Å². The SMILES string of the molecule is CCOc1cc(/C=C2\C(=O)NC(=O)N(c3ccc(C)c(Cl)c3)C2=O)cc(I)c1OS(=O)(=O)c1ccc(C)cc1. The summed E-state index contributed by atoms with van der Waals surface area (Å²) < 4.78 is 37.3. The first kappa shape index (κ1) is 28.6. The first-order valence-electron chi connectivity index (χ1n) is 11.6. The summed E-state index contributed by atoms with van der Waals surface area (Å²) in [7, 11) is -4.18. The van der Waals surface area contributed by atoms with Gasteiger partial charge in [0, 0.05) is 5.02 Å². The maximum absolute atomic E-state index is 13.3. The van der Waals surface area contributed by atoms with Gasteiger partial charge in [-0.25, -0.2) is 9.69 Å². The number of urea groups is 1. The molecule has 0 saturated carbocycles. The number of hydrogen-bond acceptors (Lipinski definition) is 7. The molecule has 0 aromatic heterocycles. The average molecular weight is 681 g/mol. The van der Waals surface area contributed by atoms with E-state index < -0.39 is 28.0 Å². The summed E-state index contributed by atoms with van der Waals surface area (Å²) in [5.41, 5.74) is 1.87. The highest BCUT2D eigenvalue weighted by Gasteiger charge is 2.37. The van der Waals surface area contributed by atoms with Crippen LogP contribution in [0.4, 0.5) is 10.5 Å². The van der Waals surface area contributed by atoms with Crippen molar-refractivity contribution in [2.24, 2.45) is 0 Å². The number of ether oxygens (including phenoxy) is 1. The van der Waals surface area contributed by atoms with Gasteiger partial charge >= 0.3 is 16.1 Å². The number of carbonyl (C=O) groups is 3. The smallest absolute Gasteiger partial charge is 0.339 e. The molecule has 1 N–H and O–H groups in total. The van der Waals surface area contributed by atoms with E-state index in [9.17, 15) is 22.8 Å². The number of carbonyl (C=O) groups excluding carboxylic acids is 3. The van der Waals surface area contributed by atoms with Crippen molar-refractivity contribution in [3.8, 4) is 11.5 Å². The molecule has 12 heteroatoms. The van der Waals surface area contributed by atoms with Crippen molar-refractivity contribution >= 4 is 73.9 Å². The number of nitrogens with zero attached hydrogens (tertiary/aromatic N) is 1. The minimum atomic E-state index is -4.18. The molecule has 39 heavy (non-hydrogen) atoms. The van der Waals surface area contributed by atoms with Crippen LogP contribution in [0.1, 0.15) is 23.6 Å². The van der Waals surface area contributed by atoms with Crippen LogP contribution in [0.25, 0.3) is 6.08 Å². The molecule has 0 atom stereocenters. The number of barbiturate groups is 1. The van der Waals surface area contributed by atoms with Gasteiger partial charge in [-0.3, -0.25) is 14.9 Å². The molecule has 202 valence electrons. The molecule has 1 heterocycles. The van der Waals surface area contributed by atoms with Gasteiger partial charge in [0.05, 0.1) is 15.9 Å². The topological polar surface area (TPSA) is 119 Å². The molecule has 4 amide bonds. The van der Waals surface area contributed by atoms with Crippen LogP contribution in [-0.4, -0.2) is 32.9 Å². The van der Waals surface area contributed by atoms with Crippen LogP contribution in [0.15, 0.2) is 65.1 Å². The van der Waals surface area contributed by atoms with Crippen LogP contribution in [-0.2, 0) is 19.7 Å². The van der Waals surface area contributed by atoms with E-state index in [0.29, 0.717) is 14.2 Å². The van der Waals surface area contributed by atoms with Crippen molar-refractivity contribution in [1.82, 2.24) is 5.32 Å². The average Bonchev–Trinajstić information content (AvgIpc) is 2.86. The molecule has 9 nitrogen and oxygen atoms in total. The minimum absolute atomic E-state index is 0.0250. The zero-order valence-corrected chi connectivity index (χ0v) is 24.7. The molecule has 0 bridgehead atoms. The van der Waals surface area contributed by atoms with Gasteiger partial charge in [-0.05, 0) is 97.0 Å². The molecule has 3 aromatic carbocycles. The Bertz CT molecular complexity index is 1640. The second-order valence-corrected chi connectivity index (χ2v) is 11.6. The Kier molecular flexibility index (Phi) is 8.33. The zero-order chi connectivity index (χ0) is 28.5. The van der Waals surface area contributed by atoms with E-state index in [2.05, 4.69) is 5.32 Å². The van der Waals surface area contributed by atoms with E-state index in [-0.39, 0.29) is 34.3 Å².